The molecule has 1 heteroatoms. The van der Waals surface area contributed by atoms with E-state index in [0.717, 1.165) is 6.54 Å². The molecule has 0 aliphatic rings. The molecule has 90 valence electrons. The topological polar surface area (TPSA) is 12.0 Å². The minimum atomic E-state index is 0.292. The maximum atomic E-state index is 3.43. The van der Waals surface area contributed by atoms with Crippen LogP contribution in [-0.4, -0.2) is 6.54 Å². The van der Waals surface area contributed by atoms with Crippen molar-refractivity contribution in [1.82, 2.24) is 5.32 Å². The van der Waals surface area contributed by atoms with E-state index in [1.807, 2.05) is 0 Å². The van der Waals surface area contributed by atoms with Crippen LogP contribution in [0.4, 0.5) is 0 Å². The number of rotatable bonds is 5. The Bertz CT molecular complexity index is 311. The van der Waals surface area contributed by atoms with E-state index in [-0.39, 0.29) is 0 Å². The van der Waals surface area contributed by atoms with Crippen molar-refractivity contribution < 1.29 is 0 Å². The van der Waals surface area contributed by atoms with Crippen molar-refractivity contribution in [3.8, 4) is 0 Å². The van der Waals surface area contributed by atoms with Gasteiger partial charge in [-0.05, 0) is 36.4 Å². The second-order valence-corrected chi connectivity index (χ2v) is 5.14. The monoisotopic (exact) mass is 219 g/mol. The molecular formula is C15H25N. The molecule has 1 N–H and O–H groups in total. The molecule has 16 heavy (non-hydrogen) atoms. The molecule has 0 radical (unpaired) electrons. The zero-order valence-corrected chi connectivity index (χ0v) is 11.3. The average molecular weight is 219 g/mol. The fraction of sp³-hybridized carbons (Fsp3) is 0.600. The zero-order chi connectivity index (χ0) is 12.2. The van der Waals surface area contributed by atoms with Crippen molar-refractivity contribution in [3.63, 3.8) is 0 Å². The lowest BCUT2D eigenvalue weighted by molar-refractivity contribution is 0.505. The smallest absolute Gasteiger partial charge is 0.0291 e. The second-order valence-electron chi connectivity index (χ2n) is 5.14. The quantitative estimate of drug-likeness (QED) is 0.788. The first kappa shape index (κ1) is 13.2. The Morgan fingerprint density at radius 3 is 2.12 bits per heavy atom. The molecule has 0 aliphatic carbocycles. The standard InChI is InChI=1S/C15H25N/c1-6-15(4,5)14-10-8-13(9-11-14)12(3)16-7-2/h8-12,16H,6-7H2,1-5H3. The molecule has 0 saturated carbocycles. The molecule has 0 heterocycles. The van der Waals surface area contributed by atoms with Crippen LogP contribution in [0.3, 0.4) is 0 Å². The summed E-state index contributed by atoms with van der Waals surface area (Å²) in [7, 11) is 0. The van der Waals surface area contributed by atoms with Gasteiger partial charge < -0.3 is 5.32 Å². The Morgan fingerprint density at radius 1 is 1.12 bits per heavy atom. The van der Waals surface area contributed by atoms with Gasteiger partial charge in [0.05, 0.1) is 0 Å². The van der Waals surface area contributed by atoms with Gasteiger partial charge in [-0.25, -0.2) is 0 Å². The van der Waals surface area contributed by atoms with E-state index in [1.54, 1.807) is 0 Å². The van der Waals surface area contributed by atoms with Crippen LogP contribution in [0.2, 0.25) is 0 Å². The Labute approximate surface area is 100 Å². The second kappa shape index (κ2) is 5.49. The van der Waals surface area contributed by atoms with Crippen molar-refractivity contribution in [3.05, 3.63) is 35.4 Å². The van der Waals surface area contributed by atoms with Crippen LogP contribution in [0.15, 0.2) is 24.3 Å². The molecule has 0 amide bonds. The van der Waals surface area contributed by atoms with Gasteiger partial charge in [-0.15, -0.1) is 0 Å². The maximum Gasteiger partial charge on any atom is 0.0291 e. The minimum Gasteiger partial charge on any atom is -0.310 e. The van der Waals surface area contributed by atoms with Gasteiger partial charge in [-0.3, -0.25) is 0 Å². The lowest BCUT2D eigenvalue weighted by Crippen LogP contribution is -2.19. The van der Waals surface area contributed by atoms with E-state index in [2.05, 4.69) is 64.2 Å². The van der Waals surface area contributed by atoms with E-state index < -0.39 is 0 Å². The summed E-state index contributed by atoms with van der Waals surface area (Å²) in [5.41, 5.74) is 3.10. The highest BCUT2D eigenvalue weighted by Gasteiger charge is 2.17. The van der Waals surface area contributed by atoms with Gasteiger partial charge in [-0.2, -0.15) is 0 Å². The lowest BCUT2D eigenvalue weighted by atomic mass is 9.82. The lowest BCUT2D eigenvalue weighted by Gasteiger charge is -2.24. The molecule has 0 bridgehead atoms. The molecule has 0 aliphatic heterocycles. The van der Waals surface area contributed by atoms with Crippen LogP contribution in [0, 0.1) is 0 Å². The van der Waals surface area contributed by atoms with E-state index in [0.29, 0.717) is 11.5 Å². The van der Waals surface area contributed by atoms with Crippen molar-refractivity contribution in [2.24, 2.45) is 0 Å². The van der Waals surface area contributed by atoms with Crippen molar-refractivity contribution in [2.75, 3.05) is 6.54 Å². The third-order valence-corrected chi connectivity index (χ3v) is 3.59. The average Bonchev–Trinajstić information content (AvgIpc) is 2.29. The van der Waals surface area contributed by atoms with Gasteiger partial charge in [0.15, 0.2) is 0 Å². The first-order valence-corrected chi connectivity index (χ1v) is 6.35. The normalized spacial score (nSPS) is 13.8. The fourth-order valence-corrected chi connectivity index (χ4v) is 1.85. The fourth-order valence-electron chi connectivity index (χ4n) is 1.85. The van der Waals surface area contributed by atoms with Crippen molar-refractivity contribution >= 4 is 0 Å². The third-order valence-electron chi connectivity index (χ3n) is 3.59. The Kier molecular flexibility index (Phi) is 4.55. The highest BCUT2D eigenvalue weighted by atomic mass is 14.9. The van der Waals surface area contributed by atoms with Crippen LogP contribution in [0.5, 0.6) is 0 Å². The Hall–Kier alpha value is -0.820. The minimum absolute atomic E-state index is 0.292. The van der Waals surface area contributed by atoms with Gasteiger partial charge in [0.1, 0.15) is 0 Å². The van der Waals surface area contributed by atoms with Gasteiger partial charge in [0.25, 0.3) is 0 Å². The first-order chi connectivity index (χ1) is 7.51. The van der Waals surface area contributed by atoms with Gasteiger partial charge in [0.2, 0.25) is 0 Å². The summed E-state index contributed by atoms with van der Waals surface area (Å²) >= 11 is 0. The molecule has 1 aromatic carbocycles. The highest BCUT2D eigenvalue weighted by Crippen LogP contribution is 2.27. The summed E-state index contributed by atoms with van der Waals surface area (Å²) in [6, 6.07) is 9.49. The van der Waals surface area contributed by atoms with E-state index in [9.17, 15) is 0 Å². The zero-order valence-electron chi connectivity index (χ0n) is 11.3. The predicted octanol–water partition coefficient (Wildman–Crippen LogP) is 4.04. The Balaban J connectivity index is 2.83. The SMILES string of the molecule is CCNC(C)c1ccc(C(C)(C)CC)cc1. The van der Waals surface area contributed by atoms with Crippen molar-refractivity contribution in [1.29, 1.82) is 0 Å². The molecule has 1 nitrogen and oxygen atoms in total. The molecule has 0 spiro atoms. The van der Waals surface area contributed by atoms with Crippen LogP contribution in [-0.2, 0) is 5.41 Å². The first-order valence-electron chi connectivity index (χ1n) is 6.35. The van der Waals surface area contributed by atoms with E-state index in [4.69, 9.17) is 0 Å². The summed E-state index contributed by atoms with van der Waals surface area (Å²) in [4.78, 5) is 0. The molecular weight excluding hydrogens is 194 g/mol. The summed E-state index contributed by atoms with van der Waals surface area (Å²) in [6.07, 6.45) is 1.18. The highest BCUT2D eigenvalue weighted by molar-refractivity contribution is 5.29. The molecule has 1 rings (SSSR count). The van der Waals surface area contributed by atoms with Crippen LogP contribution in [0.25, 0.3) is 0 Å². The number of hydrogen-bond acceptors (Lipinski definition) is 1. The van der Waals surface area contributed by atoms with Crippen LogP contribution < -0.4 is 5.32 Å². The summed E-state index contributed by atoms with van der Waals surface area (Å²) < 4.78 is 0. The molecule has 1 unspecified atom stereocenters. The van der Waals surface area contributed by atoms with Crippen LogP contribution in [0.1, 0.15) is 58.2 Å². The number of hydrogen-bond donors (Lipinski definition) is 1. The van der Waals surface area contributed by atoms with E-state index >= 15 is 0 Å². The number of benzene rings is 1. The molecule has 1 aromatic rings. The molecule has 1 atom stereocenters. The molecule has 0 aromatic heterocycles. The largest absolute Gasteiger partial charge is 0.310 e. The van der Waals surface area contributed by atoms with Crippen molar-refractivity contribution in [2.45, 2.75) is 52.5 Å². The molecule has 0 saturated heterocycles. The van der Waals surface area contributed by atoms with Gasteiger partial charge in [0, 0.05) is 6.04 Å². The molecule has 0 fully saturated rings. The summed E-state index contributed by atoms with van der Waals surface area (Å²) in [5, 5.41) is 3.43. The van der Waals surface area contributed by atoms with Crippen LogP contribution >= 0.6 is 0 Å². The predicted molar refractivity (Wildman–Crippen MR) is 71.9 cm³/mol. The maximum absolute atomic E-state index is 3.43. The van der Waals surface area contributed by atoms with Gasteiger partial charge in [-0.1, -0.05) is 52.0 Å². The third kappa shape index (κ3) is 3.08. The summed E-state index contributed by atoms with van der Waals surface area (Å²) in [6.45, 7) is 12.2. The summed E-state index contributed by atoms with van der Waals surface area (Å²) in [5.74, 6) is 0. The van der Waals surface area contributed by atoms with E-state index in [1.165, 1.54) is 17.5 Å². The Morgan fingerprint density at radius 2 is 1.69 bits per heavy atom. The van der Waals surface area contributed by atoms with Gasteiger partial charge >= 0.3 is 0 Å². The number of nitrogens with one attached hydrogen (secondary N) is 1.